The number of rotatable bonds is 4. The van der Waals surface area contributed by atoms with E-state index in [0.29, 0.717) is 13.1 Å². The fourth-order valence-corrected chi connectivity index (χ4v) is 2.73. The summed E-state index contributed by atoms with van der Waals surface area (Å²) in [5.41, 5.74) is -0.140. The molecule has 1 aliphatic heterocycles. The lowest BCUT2D eigenvalue weighted by atomic mass is 9.84. The van der Waals surface area contributed by atoms with Crippen LogP contribution in [0.5, 0.6) is 0 Å². The van der Waals surface area contributed by atoms with Crippen LogP contribution in [0.25, 0.3) is 0 Å². The Kier molecular flexibility index (Phi) is 4.72. The smallest absolute Gasteiger partial charge is 0.303 e. The highest BCUT2D eigenvalue weighted by molar-refractivity contribution is 5.92. The number of likely N-dealkylation sites (tertiary alicyclic amines) is 1. The molecule has 1 aromatic rings. The summed E-state index contributed by atoms with van der Waals surface area (Å²) in [7, 11) is 0. The molecule has 1 aliphatic rings. The van der Waals surface area contributed by atoms with E-state index in [9.17, 15) is 14.4 Å². The van der Waals surface area contributed by atoms with Gasteiger partial charge in [0.15, 0.2) is 0 Å². The molecule has 0 radical (unpaired) electrons. The normalized spacial score (nSPS) is 20.0. The zero-order valence-electron chi connectivity index (χ0n) is 11.9. The molecule has 1 amide bonds. The van der Waals surface area contributed by atoms with Gasteiger partial charge in [0.1, 0.15) is 5.69 Å². The zero-order valence-corrected chi connectivity index (χ0v) is 11.9. The Hall–Kier alpha value is -2.18. The second-order valence-electron chi connectivity index (χ2n) is 5.54. The molecule has 2 rings (SSSR count). The van der Waals surface area contributed by atoms with Crippen LogP contribution in [-0.4, -0.2) is 45.2 Å². The van der Waals surface area contributed by atoms with E-state index in [1.54, 1.807) is 4.90 Å². The van der Waals surface area contributed by atoms with Gasteiger partial charge in [0, 0.05) is 25.6 Å². The number of aromatic amines is 1. The average Bonchev–Trinajstić information content (AvgIpc) is 2.47. The van der Waals surface area contributed by atoms with Crippen molar-refractivity contribution in [3.05, 3.63) is 28.2 Å². The summed E-state index contributed by atoms with van der Waals surface area (Å²) < 4.78 is 0. The molecule has 7 nitrogen and oxygen atoms in total. The molecular weight excluding hydrogens is 274 g/mol. The predicted molar refractivity (Wildman–Crippen MR) is 74.9 cm³/mol. The number of H-pyrrole nitrogens is 1. The van der Waals surface area contributed by atoms with Crippen molar-refractivity contribution in [1.29, 1.82) is 0 Å². The van der Waals surface area contributed by atoms with Crippen LogP contribution in [0.3, 0.4) is 0 Å². The third kappa shape index (κ3) is 3.90. The van der Waals surface area contributed by atoms with E-state index >= 15 is 0 Å². The number of nitrogens with one attached hydrogen (secondary N) is 1. The Balaban J connectivity index is 2.03. The highest BCUT2D eigenvalue weighted by Gasteiger charge is 2.29. The van der Waals surface area contributed by atoms with Crippen LogP contribution in [0.4, 0.5) is 0 Å². The van der Waals surface area contributed by atoms with Crippen LogP contribution >= 0.6 is 0 Å². The number of carboxylic acid groups (broad SMARTS) is 1. The van der Waals surface area contributed by atoms with Crippen LogP contribution in [0, 0.1) is 11.8 Å². The number of carbonyl (C=O) groups is 2. The number of piperidine rings is 1. The van der Waals surface area contributed by atoms with Crippen molar-refractivity contribution in [3.8, 4) is 0 Å². The largest absolute Gasteiger partial charge is 0.481 e. The number of amides is 1. The molecule has 0 bridgehead atoms. The van der Waals surface area contributed by atoms with E-state index in [0.717, 1.165) is 12.8 Å². The van der Waals surface area contributed by atoms with Crippen molar-refractivity contribution >= 4 is 11.9 Å². The van der Waals surface area contributed by atoms with Gasteiger partial charge in [-0.1, -0.05) is 6.92 Å². The molecule has 1 aromatic heterocycles. The Morgan fingerprint density at radius 1 is 1.52 bits per heavy atom. The summed E-state index contributed by atoms with van der Waals surface area (Å²) in [6.07, 6.45) is 1.89. The van der Waals surface area contributed by atoms with E-state index in [2.05, 4.69) is 10.2 Å². The highest BCUT2D eigenvalue weighted by atomic mass is 16.4. The van der Waals surface area contributed by atoms with Gasteiger partial charge >= 0.3 is 5.97 Å². The molecule has 21 heavy (non-hydrogen) atoms. The van der Waals surface area contributed by atoms with Gasteiger partial charge in [-0.05, 0) is 30.7 Å². The van der Waals surface area contributed by atoms with Gasteiger partial charge < -0.3 is 10.0 Å². The van der Waals surface area contributed by atoms with Crippen LogP contribution in [0.1, 0.15) is 36.7 Å². The van der Waals surface area contributed by atoms with Gasteiger partial charge in [0.2, 0.25) is 0 Å². The second kappa shape index (κ2) is 6.51. The van der Waals surface area contributed by atoms with E-state index in [1.165, 1.54) is 12.1 Å². The zero-order chi connectivity index (χ0) is 15.4. The van der Waals surface area contributed by atoms with E-state index in [4.69, 9.17) is 5.11 Å². The molecule has 1 saturated heterocycles. The molecule has 0 saturated carbocycles. The molecule has 114 valence electrons. The molecule has 2 atom stereocenters. The van der Waals surface area contributed by atoms with E-state index in [-0.39, 0.29) is 35.4 Å². The Morgan fingerprint density at radius 2 is 2.29 bits per heavy atom. The molecule has 2 N–H and O–H groups in total. The van der Waals surface area contributed by atoms with Crippen molar-refractivity contribution < 1.29 is 14.7 Å². The minimum absolute atomic E-state index is 0.0293. The number of nitrogens with zero attached hydrogens (tertiary/aromatic N) is 2. The van der Waals surface area contributed by atoms with Crippen LogP contribution in [-0.2, 0) is 4.79 Å². The summed E-state index contributed by atoms with van der Waals surface area (Å²) in [6, 6.07) is 2.68. The predicted octanol–water partition coefficient (Wildman–Crippen LogP) is 0.733. The molecule has 0 aromatic carbocycles. The topological polar surface area (TPSA) is 103 Å². The first-order valence-electron chi connectivity index (χ1n) is 7.04. The summed E-state index contributed by atoms with van der Waals surface area (Å²) in [4.78, 5) is 35.8. The minimum atomic E-state index is -0.812. The van der Waals surface area contributed by atoms with Crippen molar-refractivity contribution in [3.63, 3.8) is 0 Å². The fourth-order valence-electron chi connectivity index (χ4n) is 2.73. The first kappa shape index (κ1) is 15.2. The molecule has 7 heteroatoms. The van der Waals surface area contributed by atoms with Gasteiger partial charge in [-0.25, -0.2) is 5.10 Å². The van der Waals surface area contributed by atoms with Gasteiger partial charge in [-0.3, -0.25) is 14.4 Å². The van der Waals surface area contributed by atoms with Crippen molar-refractivity contribution in [1.82, 2.24) is 15.1 Å². The maximum Gasteiger partial charge on any atom is 0.303 e. The van der Waals surface area contributed by atoms with Gasteiger partial charge in [-0.15, -0.1) is 0 Å². The number of carbonyl (C=O) groups excluding carboxylic acids is 1. The second-order valence-corrected chi connectivity index (χ2v) is 5.54. The molecule has 2 unspecified atom stereocenters. The third-order valence-electron chi connectivity index (χ3n) is 3.94. The van der Waals surface area contributed by atoms with Gasteiger partial charge in [0.05, 0.1) is 0 Å². The lowest BCUT2D eigenvalue weighted by Crippen LogP contribution is -2.42. The number of aliphatic carboxylic acids is 1. The number of aromatic nitrogens is 2. The SMILES string of the molecule is CC(CC(=O)O)C1CCCN(C(=O)c2ccc(=O)[nH]n2)C1. The van der Waals surface area contributed by atoms with Gasteiger partial charge in [-0.2, -0.15) is 5.10 Å². The number of hydrogen-bond donors (Lipinski definition) is 2. The van der Waals surface area contributed by atoms with E-state index in [1.807, 2.05) is 6.92 Å². The maximum absolute atomic E-state index is 12.3. The Labute approximate surface area is 122 Å². The van der Waals surface area contributed by atoms with Crippen LogP contribution in [0.15, 0.2) is 16.9 Å². The summed E-state index contributed by atoms with van der Waals surface area (Å²) in [5, 5.41) is 14.9. The standard InChI is InChI=1S/C14H19N3O4/c1-9(7-13(19)20)10-3-2-6-17(8-10)14(21)11-4-5-12(18)16-15-11/h4-5,9-10H,2-3,6-8H2,1H3,(H,16,18)(H,19,20). The first-order chi connectivity index (χ1) is 9.97. The molecule has 0 aliphatic carbocycles. The summed E-state index contributed by atoms with van der Waals surface area (Å²) in [6.45, 7) is 3.08. The van der Waals surface area contributed by atoms with Crippen molar-refractivity contribution in [2.24, 2.45) is 11.8 Å². The lowest BCUT2D eigenvalue weighted by molar-refractivity contribution is -0.138. The summed E-state index contributed by atoms with van der Waals surface area (Å²) >= 11 is 0. The monoisotopic (exact) mass is 293 g/mol. The lowest BCUT2D eigenvalue weighted by Gasteiger charge is -2.35. The third-order valence-corrected chi connectivity index (χ3v) is 3.94. The van der Waals surface area contributed by atoms with E-state index < -0.39 is 5.97 Å². The minimum Gasteiger partial charge on any atom is -0.481 e. The van der Waals surface area contributed by atoms with Crippen LogP contribution in [0.2, 0.25) is 0 Å². The van der Waals surface area contributed by atoms with Crippen molar-refractivity contribution in [2.45, 2.75) is 26.2 Å². The first-order valence-corrected chi connectivity index (χ1v) is 7.04. The average molecular weight is 293 g/mol. The van der Waals surface area contributed by atoms with Crippen LogP contribution < -0.4 is 5.56 Å². The molecule has 1 fully saturated rings. The molecule has 2 heterocycles. The molecule has 0 spiro atoms. The fraction of sp³-hybridized carbons (Fsp3) is 0.571. The Morgan fingerprint density at radius 3 is 2.90 bits per heavy atom. The Bertz CT molecular complexity index is 563. The number of carboxylic acids is 1. The summed E-state index contributed by atoms with van der Waals surface area (Å²) in [5.74, 6) is -0.824. The molecular formula is C14H19N3O4. The highest BCUT2D eigenvalue weighted by Crippen LogP contribution is 2.26. The quantitative estimate of drug-likeness (QED) is 0.852. The van der Waals surface area contributed by atoms with Crippen molar-refractivity contribution in [2.75, 3.05) is 13.1 Å². The number of hydrogen-bond acceptors (Lipinski definition) is 4. The van der Waals surface area contributed by atoms with Gasteiger partial charge in [0.25, 0.3) is 11.5 Å². The maximum atomic E-state index is 12.3.